The Bertz CT molecular complexity index is 786. The van der Waals surface area contributed by atoms with E-state index in [4.69, 9.17) is 16.3 Å². The lowest BCUT2D eigenvalue weighted by Crippen LogP contribution is -2.38. The van der Waals surface area contributed by atoms with Crippen LogP contribution in [0.5, 0.6) is 5.75 Å². The summed E-state index contributed by atoms with van der Waals surface area (Å²) < 4.78 is 5.77. The molecule has 1 saturated carbocycles. The number of benzene rings is 2. The van der Waals surface area contributed by atoms with E-state index in [0.29, 0.717) is 24.7 Å². The Hall–Kier alpha value is -2.53. The lowest BCUT2D eigenvalue weighted by Gasteiger charge is -2.21. The lowest BCUT2D eigenvalue weighted by atomic mass is 10.2. The predicted molar refractivity (Wildman–Crippen MR) is 106 cm³/mol. The number of anilines is 1. The van der Waals surface area contributed by atoms with Gasteiger partial charge in [-0.15, -0.1) is 0 Å². The molecule has 1 N–H and O–H groups in total. The number of nitrogens with one attached hydrogen (secondary N) is 1. The molecule has 0 bridgehead atoms. The molecule has 27 heavy (non-hydrogen) atoms. The number of carbonyl (C=O) groups excluding carboxylic acids is 2. The molecule has 2 aromatic rings. The minimum absolute atomic E-state index is 0.0643. The number of rotatable bonds is 8. The third kappa shape index (κ3) is 5.73. The standard InChI is InChI=1S/C21H23ClN2O3/c1-15(25)24(13-12-23-21(26)17-4-5-17)19-8-10-20(11-9-19)27-14-16-2-6-18(22)7-3-16/h2-3,6-11,17H,4-5,12-14H2,1H3,(H,23,26). The minimum Gasteiger partial charge on any atom is -0.489 e. The van der Waals surface area contributed by atoms with Gasteiger partial charge in [0.2, 0.25) is 11.8 Å². The van der Waals surface area contributed by atoms with Crippen LogP contribution in [0.3, 0.4) is 0 Å². The van der Waals surface area contributed by atoms with Crippen LogP contribution in [0, 0.1) is 5.92 Å². The fourth-order valence-corrected chi connectivity index (χ4v) is 2.84. The molecular formula is C21H23ClN2O3. The van der Waals surface area contributed by atoms with Crippen molar-refractivity contribution in [3.8, 4) is 5.75 Å². The average molecular weight is 387 g/mol. The van der Waals surface area contributed by atoms with Crippen LogP contribution < -0.4 is 15.0 Å². The highest BCUT2D eigenvalue weighted by molar-refractivity contribution is 6.30. The van der Waals surface area contributed by atoms with Gasteiger partial charge in [0.1, 0.15) is 12.4 Å². The number of nitrogens with zero attached hydrogens (tertiary/aromatic N) is 1. The summed E-state index contributed by atoms with van der Waals surface area (Å²) in [6.07, 6.45) is 1.94. The first kappa shape index (κ1) is 19.2. The van der Waals surface area contributed by atoms with Crippen LogP contribution in [-0.4, -0.2) is 24.9 Å². The van der Waals surface area contributed by atoms with Gasteiger partial charge >= 0.3 is 0 Å². The topological polar surface area (TPSA) is 58.6 Å². The van der Waals surface area contributed by atoms with Gasteiger partial charge in [-0.05, 0) is 54.8 Å². The van der Waals surface area contributed by atoms with Crippen LogP contribution in [-0.2, 0) is 16.2 Å². The van der Waals surface area contributed by atoms with E-state index in [-0.39, 0.29) is 17.7 Å². The molecule has 3 rings (SSSR count). The van der Waals surface area contributed by atoms with Crippen LogP contribution in [0.15, 0.2) is 48.5 Å². The van der Waals surface area contributed by atoms with Crippen LogP contribution in [0.25, 0.3) is 0 Å². The lowest BCUT2D eigenvalue weighted by molar-refractivity contribution is -0.122. The molecule has 0 atom stereocenters. The van der Waals surface area contributed by atoms with Crippen molar-refractivity contribution >= 4 is 29.1 Å². The Morgan fingerprint density at radius 1 is 1.11 bits per heavy atom. The van der Waals surface area contributed by atoms with Crippen molar-refractivity contribution in [2.45, 2.75) is 26.4 Å². The molecule has 142 valence electrons. The molecule has 2 amide bonds. The maximum absolute atomic E-state index is 12.0. The monoisotopic (exact) mass is 386 g/mol. The van der Waals surface area contributed by atoms with Crippen LogP contribution in [0.1, 0.15) is 25.3 Å². The summed E-state index contributed by atoms with van der Waals surface area (Å²) >= 11 is 5.88. The van der Waals surface area contributed by atoms with Gasteiger partial charge in [-0.3, -0.25) is 9.59 Å². The Labute approximate surface area is 164 Å². The minimum atomic E-state index is -0.0643. The number of halogens is 1. The van der Waals surface area contributed by atoms with Crippen LogP contribution in [0.4, 0.5) is 5.69 Å². The average Bonchev–Trinajstić information content (AvgIpc) is 3.50. The van der Waals surface area contributed by atoms with Gasteiger partial charge < -0.3 is 15.0 Å². The second-order valence-corrected chi connectivity index (χ2v) is 7.08. The summed E-state index contributed by atoms with van der Waals surface area (Å²) in [7, 11) is 0. The molecule has 0 radical (unpaired) electrons. The molecule has 0 unspecified atom stereocenters. The second kappa shape index (κ2) is 8.91. The molecular weight excluding hydrogens is 364 g/mol. The number of hydrogen-bond donors (Lipinski definition) is 1. The number of ether oxygens (including phenoxy) is 1. The van der Waals surface area contributed by atoms with Crippen molar-refractivity contribution in [1.29, 1.82) is 0 Å². The number of amides is 2. The highest BCUT2D eigenvalue weighted by Crippen LogP contribution is 2.28. The first-order chi connectivity index (χ1) is 13.0. The van der Waals surface area contributed by atoms with Crippen LogP contribution >= 0.6 is 11.6 Å². The summed E-state index contributed by atoms with van der Waals surface area (Å²) in [4.78, 5) is 25.3. The van der Waals surface area contributed by atoms with Crippen molar-refractivity contribution < 1.29 is 14.3 Å². The predicted octanol–water partition coefficient (Wildman–Crippen LogP) is 3.80. The van der Waals surface area contributed by atoms with E-state index in [1.54, 1.807) is 4.90 Å². The number of carbonyl (C=O) groups is 2. The summed E-state index contributed by atoms with van der Waals surface area (Å²) in [5, 5.41) is 3.58. The molecule has 1 fully saturated rings. The molecule has 0 aliphatic heterocycles. The van der Waals surface area contributed by atoms with Gasteiger partial charge in [-0.1, -0.05) is 23.7 Å². The summed E-state index contributed by atoms with van der Waals surface area (Å²) in [6, 6.07) is 14.9. The Balaban J connectivity index is 1.53. The van der Waals surface area contributed by atoms with Crippen molar-refractivity contribution in [1.82, 2.24) is 5.32 Å². The highest BCUT2D eigenvalue weighted by atomic mass is 35.5. The summed E-state index contributed by atoms with van der Waals surface area (Å²) in [6.45, 7) is 2.86. The van der Waals surface area contributed by atoms with E-state index in [9.17, 15) is 9.59 Å². The first-order valence-corrected chi connectivity index (χ1v) is 9.44. The SMILES string of the molecule is CC(=O)N(CCNC(=O)C1CC1)c1ccc(OCc2ccc(Cl)cc2)cc1. The van der Waals surface area contributed by atoms with Crippen molar-refractivity contribution in [3.05, 3.63) is 59.1 Å². The van der Waals surface area contributed by atoms with E-state index in [1.807, 2.05) is 48.5 Å². The molecule has 5 nitrogen and oxygen atoms in total. The molecule has 0 aromatic heterocycles. The molecule has 2 aromatic carbocycles. The third-order valence-corrected chi connectivity index (χ3v) is 4.68. The molecule has 6 heteroatoms. The fourth-order valence-electron chi connectivity index (χ4n) is 2.72. The van der Waals surface area contributed by atoms with Crippen LogP contribution in [0.2, 0.25) is 5.02 Å². The van der Waals surface area contributed by atoms with E-state index in [2.05, 4.69) is 5.32 Å². The third-order valence-electron chi connectivity index (χ3n) is 4.43. The van der Waals surface area contributed by atoms with Crippen molar-refractivity contribution in [3.63, 3.8) is 0 Å². The second-order valence-electron chi connectivity index (χ2n) is 6.64. The van der Waals surface area contributed by atoms with Gasteiger partial charge in [0.15, 0.2) is 0 Å². The smallest absolute Gasteiger partial charge is 0.223 e. The fraction of sp³-hybridized carbons (Fsp3) is 0.333. The van der Waals surface area contributed by atoms with Crippen molar-refractivity contribution in [2.24, 2.45) is 5.92 Å². The van der Waals surface area contributed by atoms with Gasteiger partial charge in [0.05, 0.1) is 0 Å². The number of hydrogen-bond acceptors (Lipinski definition) is 3. The largest absolute Gasteiger partial charge is 0.489 e. The molecule has 0 saturated heterocycles. The zero-order chi connectivity index (χ0) is 19.2. The molecule has 1 aliphatic carbocycles. The zero-order valence-corrected chi connectivity index (χ0v) is 16.0. The maximum atomic E-state index is 12.0. The molecule has 0 spiro atoms. The first-order valence-electron chi connectivity index (χ1n) is 9.06. The van der Waals surface area contributed by atoms with E-state index < -0.39 is 0 Å². The Kier molecular flexibility index (Phi) is 6.35. The van der Waals surface area contributed by atoms with E-state index in [1.165, 1.54) is 6.92 Å². The summed E-state index contributed by atoms with van der Waals surface area (Å²) in [5.41, 5.74) is 1.81. The van der Waals surface area contributed by atoms with Gasteiger partial charge in [0, 0.05) is 36.6 Å². The normalized spacial score (nSPS) is 13.1. The highest BCUT2D eigenvalue weighted by Gasteiger charge is 2.29. The van der Waals surface area contributed by atoms with Gasteiger partial charge in [-0.25, -0.2) is 0 Å². The molecule has 1 aliphatic rings. The van der Waals surface area contributed by atoms with Crippen molar-refractivity contribution in [2.75, 3.05) is 18.0 Å². The maximum Gasteiger partial charge on any atom is 0.223 e. The zero-order valence-electron chi connectivity index (χ0n) is 15.3. The van der Waals surface area contributed by atoms with Gasteiger partial charge in [-0.2, -0.15) is 0 Å². The summed E-state index contributed by atoms with van der Waals surface area (Å²) in [5.74, 6) is 0.919. The van der Waals surface area contributed by atoms with E-state index in [0.717, 1.165) is 29.8 Å². The Morgan fingerprint density at radius 2 is 1.78 bits per heavy atom. The molecule has 0 heterocycles. The Morgan fingerprint density at radius 3 is 2.37 bits per heavy atom. The van der Waals surface area contributed by atoms with E-state index >= 15 is 0 Å². The quantitative estimate of drug-likeness (QED) is 0.750. The van der Waals surface area contributed by atoms with Gasteiger partial charge in [0.25, 0.3) is 0 Å².